The average molecular weight is 392 g/mol. The first-order chi connectivity index (χ1) is 13.0. The monoisotopic (exact) mass is 392 g/mol. The smallest absolute Gasteiger partial charge is 0.302 e. The molecule has 0 aromatic heterocycles. The summed E-state index contributed by atoms with van der Waals surface area (Å²) in [7, 11) is 0. The Labute approximate surface area is 166 Å². The second kappa shape index (κ2) is 6.39. The van der Waals surface area contributed by atoms with Gasteiger partial charge in [0, 0.05) is 12.3 Å². The highest BCUT2D eigenvalue weighted by Crippen LogP contribution is 2.64. The van der Waals surface area contributed by atoms with Crippen LogP contribution < -0.4 is 0 Å². The molecule has 0 bridgehead atoms. The number of hydrogen-bond acceptors (Lipinski definition) is 6. The quantitative estimate of drug-likeness (QED) is 0.343. The molecule has 4 rings (SSSR count). The zero-order valence-corrected chi connectivity index (χ0v) is 17.3. The third kappa shape index (κ3) is 3.15. The van der Waals surface area contributed by atoms with Crippen LogP contribution in [0.5, 0.6) is 0 Å². The van der Waals surface area contributed by atoms with Gasteiger partial charge in [-0.2, -0.15) is 4.89 Å². The van der Waals surface area contributed by atoms with Gasteiger partial charge in [-0.25, -0.2) is 4.89 Å². The molecule has 2 heterocycles. The Morgan fingerprint density at radius 3 is 2.68 bits per heavy atom. The minimum atomic E-state index is -1.52. The van der Waals surface area contributed by atoms with Crippen LogP contribution in [0.2, 0.25) is 0 Å². The highest BCUT2D eigenvalue weighted by molar-refractivity contribution is 5.66. The zero-order chi connectivity index (χ0) is 20.4. The van der Waals surface area contributed by atoms with Crippen LogP contribution in [0.15, 0.2) is 24.3 Å². The van der Waals surface area contributed by atoms with Gasteiger partial charge in [0.2, 0.25) is 5.79 Å². The Bertz CT molecular complexity index is 718. The van der Waals surface area contributed by atoms with Crippen molar-refractivity contribution < 1.29 is 29.1 Å². The third-order valence-electron chi connectivity index (χ3n) is 7.59. The predicted molar refractivity (Wildman–Crippen MR) is 102 cm³/mol. The van der Waals surface area contributed by atoms with Gasteiger partial charge in [0.25, 0.3) is 0 Å². The van der Waals surface area contributed by atoms with Gasteiger partial charge >= 0.3 is 5.97 Å². The second-order valence-corrected chi connectivity index (χ2v) is 9.78. The summed E-state index contributed by atoms with van der Waals surface area (Å²) in [5, 5.41) is 11.4. The molecule has 0 amide bonds. The summed E-state index contributed by atoms with van der Waals surface area (Å²) in [5.74, 6) is -1.27. The summed E-state index contributed by atoms with van der Waals surface area (Å²) in [6.45, 7) is 11.7. The first kappa shape index (κ1) is 20.1. The van der Waals surface area contributed by atoms with Crippen LogP contribution in [-0.2, 0) is 24.0 Å². The maximum atomic E-state index is 11.4. The van der Waals surface area contributed by atoms with Crippen LogP contribution >= 0.6 is 0 Å². The maximum absolute atomic E-state index is 11.4. The van der Waals surface area contributed by atoms with E-state index in [-0.39, 0.29) is 24.1 Å². The lowest BCUT2D eigenvalue weighted by Gasteiger charge is -2.60. The van der Waals surface area contributed by atoms with Gasteiger partial charge in [0.15, 0.2) is 5.60 Å². The molecule has 0 spiro atoms. The van der Waals surface area contributed by atoms with Crippen molar-refractivity contribution in [3.05, 3.63) is 24.3 Å². The molecule has 28 heavy (non-hydrogen) atoms. The zero-order valence-electron chi connectivity index (χ0n) is 17.3. The van der Waals surface area contributed by atoms with E-state index in [1.165, 1.54) is 12.5 Å². The van der Waals surface area contributed by atoms with Gasteiger partial charge in [-0.3, -0.25) is 4.79 Å². The molecule has 2 aliphatic heterocycles. The van der Waals surface area contributed by atoms with Crippen LogP contribution in [0.1, 0.15) is 59.8 Å². The normalized spacial score (nSPS) is 50.3. The summed E-state index contributed by atoms with van der Waals surface area (Å²) >= 11 is 0. The van der Waals surface area contributed by atoms with Crippen LogP contribution in [0.4, 0.5) is 0 Å². The summed E-state index contributed by atoms with van der Waals surface area (Å²) in [6, 6.07) is 0. The summed E-state index contributed by atoms with van der Waals surface area (Å²) in [6.07, 6.45) is 8.50. The van der Waals surface area contributed by atoms with Gasteiger partial charge in [-0.15, -0.1) is 0 Å². The topological polar surface area (TPSA) is 77.5 Å². The van der Waals surface area contributed by atoms with E-state index in [0.29, 0.717) is 12.0 Å². The number of ether oxygens (including phenoxy) is 2. The Morgan fingerprint density at radius 1 is 1.29 bits per heavy atom. The standard InChI is InChI=1S/C22H32O6/c1-14-6-7-18-21(5,26-18)9-8-17-16(14)12-20(17,4)22(24)11-10-19(3,27-28-22)13-25-15(2)23/h10-11,16-18,24H,1,6-9,12-13H2,2-5H3/t16-,17-,18+,19+,20-,21-,22-/m0/s1. The molecular formula is C22H32O6. The number of hydrogen-bond donors (Lipinski definition) is 1. The Hall–Kier alpha value is -1.21. The van der Waals surface area contributed by atoms with E-state index in [2.05, 4.69) is 20.4 Å². The number of aliphatic hydroxyl groups is 1. The number of epoxide rings is 1. The lowest BCUT2D eigenvalue weighted by molar-refractivity contribution is -0.480. The number of fused-ring (bicyclic) bond motifs is 2. The molecule has 7 atom stereocenters. The minimum Gasteiger partial charge on any atom is -0.462 e. The average Bonchev–Trinajstić information content (AvgIpc) is 3.27. The van der Waals surface area contributed by atoms with E-state index in [1.807, 2.05) is 0 Å². The van der Waals surface area contributed by atoms with Crippen molar-refractivity contribution in [1.29, 1.82) is 0 Å². The molecule has 0 aromatic carbocycles. The van der Waals surface area contributed by atoms with Crippen LogP contribution in [0.3, 0.4) is 0 Å². The molecule has 1 N–H and O–H groups in total. The molecular weight excluding hydrogens is 360 g/mol. The number of rotatable bonds is 3. The van der Waals surface area contributed by atoms with Crippen molar-refractivity contribution in [1.82, 2.24) is 0 Å². The summed E-state index contributed by atoms with van der Waals surface area (Å²) in [4.78, 5) is 22.2. The summed E-state index contributed by atoms with van der Waals surface area (Å²) < 4.78 is 11.0. The molecule has 2 saturated carbocycles. The first-order valence-electron chi connectivity index (χ1n) is 10.3. The Morgan fingerprint density at radius 2 is 2.04 bits per heavy atom. The molecule has 0 aromatic rings. The largest absolute Gasteiger partial charge is 0.462 e. The summed E-state index contributed by atoms with van der Waals surface area (Å²) in [5.41, 5.74) is -0.171. The molecule has 4 aliphatic rings. The predicted octanol–water partition coefficient (Wildman–Crippen LogP) is 3.44. The van der Waals surface area contributed by atoms with Crippen molar-refractivity contribution in [3.63, 3.8) is 0 Å². The van der Waals surface area contributed by atoms with E-state index in [0.717, 1.165) is 32.1 Å². The van der Waals surface area contributed by atoms with Gasteiger partial charge in [0.05, 0.1) is 11.7 Å². The van der Waals surface area contributed by atoms with Crippen LogP contribution in [0.25, 0.3) is 0 Å². The number of carbonyl (C=O) groups is 1. The van der Waals surface area contributed by atoms with Crippen LogP contribution in [0, 0.1) is 17.3 Å². The Balaban J connectivity index is 1.52. The first-order valence-corrected chi connectivity index (χ1v) is 10.3. The van der Waals surface area contributed by atoms with Crippen molar-refractivity contribution >= 4 is 5.97 Å². The molecule has 0 radical (unpaired) electrons. The highest BCUT2D eigenvalue weighted by Gasteiger charge is 2.65. The van der Waals surface area contributed by atoms with E-state index < -0.39 is 16.8 Å². The maximum Gasteiger partial charge on any atom is 0.302 e. The van der Waals surface area contributed by atoms with E-state index in [1.54, 1.807) is 19.1 Å². The third-order valence-corrected chi connectivity index (χ3v) is 7.59. The van der Waals surface area contributed by atoms with E-state index in [9.17, 15) is 9.90 Å². The molecule has 0 unspecified atom stereocenters. The van der Waals surface area contributed by atoms with Crippen molar-refractivity contribution in [2.24, 2.45) is 17.3 Å². The molecule has 156 valence electrons. The van der Waals surface area contributed by atoms with E-state index in [4.69, 9.17) is 19.2 Å². The minimum absolute atomic E-state index is 0.0311. The van der Waals surface area contributed by atoms with Crippen molar-refractivity contribution in [2.75, 3.05) is 6.61 Å². The van der Waals surface area contributed by atoms with Gasteiger partial charge in [-0.05, 0) is 69.9 Å². The second-order valence-electron chi connectivity index (χ2n) is 9.78. The Kier molecular flexibility index (Phi) is 4.58. The SMILES string of the molecule is C=C1CC[C@H]2O[C@@]2(C)CC[C@H]2[C@H]1C[C@]2(C)[C@]1(O)C=C[C@](C)(COC(C)=O)OO1. The molecule has 6 nitrogen and oxygen atoms in total. The lowest BCUT2D eigenvalue weighted by Crippen LogP contribution is -2.63. The fourth-order valence-corrected chi connectivity index (χ4v) is 5.32. The molecule has 3 fully saturated rings. The van der Waals surface area contributed by atoms with Gasteiger partial charge in [-0.1, -0.05) is 19.1 Å². The molecule has 2 aliphatic carbocycles. The van der Waals surface area contributed by atoms with E-state index >= 15 is 0 Å². The highest BCUT2D eigenvalue weighted by atomic mass is 17.2. The van der Waals surface area contributed by atoms with Crippen molar-refractivity contribution in [2.45, 2.75) is 82.9 Å². The van der Waals surface area contributed by atoms with Gasteiger partial charge < -0.3 is 14.6 Å². The van der Waals surface area contributed by atoms with Gasteiger partial charge in [0.1, 0.15) is 6.61 Å². The number of carbonyl (C=O) groups excluding carboxylic acids is 1. The fourth-order valence-electron chi connectivity index (χ4n) is 5.32. The lowest BCUT2D eigenvalue weighted by atomic mass is 9.48. The fraction of sp³-hybridized carbons (Fsp3) is 0.773. The number of esters is 1. The molecule has 1 saturated heterocycles. The molecule has 6 heteroatoms. The van der Waals surface area contributed by atoms with Crippen LogP contribution in [-0.4, -0.2) is 40.8 Å². The number of allylic oxidation sites excluding steroid dienone is 1. The van der Waals surface area contributed by atoms with Crippen molar-refractivity contribution in [3.8, 4) is 0 Å².